The number of fused-ring (bicyclic) bond motifs is 3. The van der Waals surface area contributed by atoms with E-state index >= 15 is 0 Å². The summed E-state index contributed by atoms with van der Waals surface area (Å²) in [5, 5.41) is 23.1. The second kappa shape index (κ2) is 9.22. The topological polar surface area (TPSA) is 123 Å². The van der Waals surface area contributed by atoms with E-state index in [2.05, 4.69) is 6.58 Å². The molecule has 5 aliphatic carbocycles. The van der Waals surface area contributed by atoms with Crippen LogP contribution in [0.15, 0.2) is 12.2 Å². The van der Waals surface area contributed by atoms with Gasteiger partial charge in [-0.25, -0.2) is 4.79 Å². The lowest BCUT2D eigenvalue weighted by Crippen LogP contribution is -2.71. The van der Waals surface area contributed by atoms with Gasteiger partial charge in [-0.1, -0.05) is 19.9 Å². The molecule has 0 aromatic rings. The normalized spacial score (nSPS) is 44.6. The van der Waals surface area contributed by atoms with Gasteiger partial charge in [0.25, 0.3) is 10.1 Å². The molecule has 204 valence electrons. The molecule has 1 amide bonds. The molecular formula is C26H41NO8S. The van der Waals surface area contributed by atoms with E-state index in [-0.39, 0.29) is 37.1 Å². The van der Waals surface area contributed by atoms with Crippen LogP contribution in [-0.2, 0) is 23.8 Å². The number of carbonyl (C=O) groups excluding carboxylic acids is 1. The SMILES string of the molecule is C=C1[C@H]2CC[C@]3(C(C2)[C@]2(COC(=O)N4CCOCC4)CCC[C@@](C)(COS(C)(=O)=O)C2C[C@H]3O)[C@H]1O. The van der Waals surface area contributed by atoms with Gasteiger partial charge < -0.3 is 24.6 Å². The summed E-state index contributed by atoms with van der Waals surface area (Å²) in [7, 11) is -3.64. The third-order valence-corrected chi connectivity index (χ3v) is 11.1. The smallest absolute Gasteiger partial charge is 0.409 e. The van der Waals surface area contributed by atoms with Crippen LogP contribution < -0.4 is 0 Å². The largest absolute Gasteiger partial charge is 0.449 e. The highest BCUT2D eigenvalue weighted by Crippen LogP contribution is 2.72. The van der Waals surface area contributed by atoms with E-state index < -0.39 is 38.6 Å². The van der Waals surface area contributed by atoms with Gasteiger partial charge in [-0.15, -0.1) is 0 Å². The number of ether oxygens (including phenoxy) is 2. The van der Waals surface area contributed by atoms with Crippen molar-refractivity contribution in [2.24, 2.45) is 34.0 Å². The van der Waals surface area contributed by atoms with Crippen LogP contribution in [0.3, 0.4) is 0 Å². The van der Waals surface area contributed by atoms with Crippen molar-refractivity contribution < 1.29 is 37.1 Å². The molecule has 1 spiro atoms. The standard InChI is InChI=1S/C26H41NO8S/c1-17-18-5-8-26(22(17)29)20(13-18)25(16-34-23(30)27-9-11-33-12-10-27)7-4-6-24(2,15-35-36(3,31)32)19(25)14-21(26)28/h18-22,28-29H,1,4-16H2,2-3H3/t18-,19?,20?,21+,22-,24-,25-,26+/m0/s1. The summed E-state index contributed by atoms with van der Waals surface area (Å²) in [5.41, 5.74) is -0.915. The molecule has 6 aliphatic rings. The maximum Gasteiger partial charge on any atom is 0.409 e. The molecule has 1 heterocycles. The molecule has 1 saturated heterocycles. The summed E-state index contributed by atoms with van der Waals surface area (Å²) in [4.78, 5) is 14.7. The molecule has 2 bridgehead atoms. The molecule has 0 aromatic carbocycles. The predicted molar refractivity (Wildman–Crippen MR) is 131 cm³/mol. The molecule has 1 aliphatic heterocycles. The van der Waals surface area contributed by atoms with Crippen LogP contribution in [0.2, 0.25) is 0 Å². The van der Waals surface area contributed by atoms with Gasteiger partial charge >= 0.3 is 6.09 Å². The van der Waals surface area contributed by atoms with E-state index in [1.807, 2.05) is 6.92 Å². The summed E-state index contributed by atoms with van der Waals surface area (Å²) >= 11 is 0. The zero-order valence-electron chi connectivity index (χ0n) is 21.5. The summed E-state index contributed by atoms with van der Waals surface area (Å²) in [6.45, 7) is 8.40. The number of morpholine rings is 1. The van der Waals surface area contributed by atoms with Crippen LogP contribution >= 0.6 is 0 Å². The average molecular weight is 528 g/mol. The van der Waals surface area contributed by atoms with Gasteiger partial charge in [0.1, 0.15) is 0 Å². The van der Waals surface area contributed by atoms with Crippen LogP contribution in [-0.4, -0.2) is 87.6 Å². The predicted octanol–water partition coefficient (Wildman–Crippen LogP) is 2.32. The van der Waals surface area contributed by atoms with Gasteiger partial charge in [-0.3, -0.25) is 4.18 Å². The highest BCUT2D eigenvalue weighted by atomic mass is 32.2. The molecule has 6 rings (SSSR count). The molecule has 2 N–H and O–H groups in total. The fourth-order valence-corrected chi connectivity index (χ4v) is 9.25. The van der Waals surface area contributed by atoms with Gasteiger partial charge in [0.15, 0.2) is 0 Å². The third kappa shape index (κ3) is 4.11. The van der Waals surface area contributed by atoms with Crippen LogP contribution in [0.1, 0.15) is 51.9 Å². The van der Waals surface area contributed by atoms with E-state index in [0.29, 0.717) is 39.1 Å². The van der Waals surface area contributed by atoms with E-state index in [9.17, 15) is 23.4 Å². The van der Waals surface area contributed by atoms with Gasteiger partial charge in [-0.2, -0.15) is 8.42 Å². The highest BCUT2D eigenvalue weighted by molar-refractivity contribution is 7.85. The van der Waals surface area contributed by atoms with Crippen molar-refractivity contribution in [3.8, 4) is 0 Å². The maximum absolute atomic E-state index is 13.1. The van der Waals surface area contributed by atoms with Gasteiger partial charge in [0.2, 0.25) is 0 Å². The molecule has 0 radical (unpaired) electrons. The van der Waals surface area contributed by atoms with Crippen molar-refractivity contribution in [3.63, 3.8) is 0 Å². The van der Waals surface area contributed by atoms with Crippen LogP contribution in [0.25, 0.3) is 0 Å². The molecule has 6 fully saturated rings. The lowest BCUT2D eigenvalue weighted by Gasteiger charge is -2.70. The molecule has 8 atom stereocenters. The molecule has 9 nitrogen and oxygen atoms in total. The quantitative estimate of drug-likeness (QED) is 0.413. The number of aliphatic hydroxyl groups is 2. The van der Waals surface area contributed by atoms with Crippen LogP contribution in [0.5, 0.6) is 0 Å². The summed E-state index contributed by atoms with van der Waals surface area (Å²) in [6.07, 6.45) is 4.35. The second-order valence-electron chi connectivity index (χ2n) is 12.3. The van der Waals surface area contributed by atoms with Crippen molar-refractivity contribution >= 4 is 16.2 Å². The third-order valence-electron chi connectivity index (χ3n) is 10.5. The van der Waals surface area contributed by atoms with E-state index in [0.717, 1.165) is 43.9 Å². The fourth-order valence-electron chi connectivity index (χ4n) is 8.77. The van der Waals surface area contributed by atoms with Crippen molar-refractivity contribution in [1.82, 2.24) is 4.90 Å². The Hall–Kier alpha value is -1.20. The Morgan fingerprint density at radius 3 is 2.56 bits per heavy atom. The van der Waals surface area contributed by atoms with Gasteiger partial charge in [0.05, 0.1) is 44.9 Å². The molecule has 5 saturated carbocycles. The minimum Gasteiger partial charge on any atom is -0.449 e. The fraction of sp³-hybridized carbons (Fsp3) is 0.885. The minimum atomic E-state index is -3.64. The lowest BCUT2D eigenvalue weighted by molar-refractivity contribution is -0.266. The Morgan fingerprint density at radius 2 is 1.86 bits per heavy atom. The Balaban J connectivity index is 1.51. The van der Waals surface area contributed by atoms with E-state index in [1.54, 1.807) is 4.90 Å². The summed E-state index contributed by atoms with van der Waals surface area (Å²) in [5.74, 6) is -0.0122. The number of amides is 1. The number of carbonyl (C=O) groups is 1. The van der Waals surface area contributed by atoms with Crippen molar-refractivity contribution in [1.29, 1.82) is 0 Å². The number of hydrogen-bond acceptors (Lipinski definition) is 8. The summed E-state index contributed by atoms with van der Waals surface area (Å²) < 4.78 is 40.6. The van der Waals surface area contributed by atoms with E-state index in [4.69, 9.17) is 13.7 Å². The number of aliphatic hydroxyl groups excluding tert-OH is 2. The maximum atomic E-state index is 13.1. The number of nitrogens with zero attached hydrogens (tertiary/aromatic N) is 1. The molecular weight excluding hydrogens is 486 g/mol. The molecule has 0 aromatic heterocycles. The van der Waals surface area contributed by atoms with Crippen LogP contribution in [0, 0.1) is 34.0 Å². The van der Waals surface area contributed by atoms with Crippen molar-refractivity contribution in [2.45, 2.75) is 64.1 Å². The Labute approximate surface area is 214 Å². The van der Waals surface area contributed by atoms with E-state index in [1.165, 1.54) is 0 Å². The first-order valence-electron chi connectivity index (χ1n) is 13.3. The summed E-state index contributed by atoms with van der Waals surface area (Å²) in [6, 6.07) is 0. The zero-order chi connectivity index (χ0) is 25.9. The molecule has 36 heavy (non-hydrogen) atoms. The monoisotopic (exact) mass is 527 g/mol. The Kier molecular flexibility index (Phi) is 6.76. The second-order valence-corrected chi connectivity index (χ2v) is 13.9. The van der Waals surface area contributed by atoms with Gasteiger partial charge in [0, 0.05) is 23.9 Å². The Bertz CT molecular complexity index is 996. The highest BCUT2D eigenvalue weighted by Gasteiger charge is 2.71. The molecule has 2 unspecified atom stereocenters. The van der Waals surface area contributed by atoms with Crippen LogP contribution in [0.4, 0.5) is 4.79 Å². The first kappa shape index (κ1) is 26.4. The zero-order valence-corrected chi connectivity index (χ0v) is 22.3. The van der Waals surface area contributed by atoms with Crippen molar-refractivity contribution in [2.75, 3.05) is 45.8 Å². The first-order valence-corrected chi connectivity index (χ1v) is 15.1. The number of rotatable bonds is 5. The average Bonchev–Trinajstić information content (AvgIpc) is 2.85. The first-order chi connectivity index (χ1) is 16.9. The minimum absolute atomic E-state index is 0.0286. The Morgan fingerprint density at radius 1 is 1.14 bits per heavy atom. The van der Waals surface area contributed by atoms with Crippen molar-refractivity contribution in [3.05, 3.63) is 12.2 Å². The lowest BCUT2D eigenvalue weighted by atomic mass is 9.35. The van der Waals surface area contributed by atoms with Gasteiger partial charge in [-0.05, 0) is 67.3 Å². The number of hydrogen-bond donors (Lipinski definition) is 2. The molecule has 10 heteroatoms.